The number of rotatable bonds is 6. The number of amides is 3. The quantitative estimate of drug-likeness (QED) is 0.622. The van der Waals surface area contributed by atoms with Crippen LogP contribution in [-0.4, -0.2) is 24.8 Å². The predicted molar refractivity (Wildman–Crippen MR) is 117 cm³/mol. The van der Waals surface area contributed by atoms with Gasteiger partial charge in [0.1, 0.15) is 5.75 Å². The molecule has 6 nitrogen and oxygen atoms in total. The summed E-state index contributed by atoms with van der Waals surface area (Å²) < 4.78 is 5.24. The molecule has 0 bridgehead atoms. The van der Waals surface area contributed by atoms with Gasteiger partial charge in [0.25, 0.3) is 5.91 Å². The maximum atomic E-state index is 13.1. The van der Waals surface area contributed by atoms with Crippen molar-refractivity contribution < 1.29 is 19.1 Å². The van der Waals surface area contributed by atoms with Crippen molar-refractivity contribution in [2.75, 3.05) is 12.0 Å². The summed E-state index contributed by atoms with van der Waals surface area (Å²) in [5.41, 5.74) is 2.63. The molecule has 0 radical (unpaired) electrons. The first-order valence-electron chi connectivity index (χ1n) is 10.0. The molecule has 0 aliphatic carbocycles. The summed E-state index contributed by atoms with van der Waals surface area (Å²) in [4.78, 5) is 38.4. The van der Waals surface area contributed by atoms with E-state index in [4.69, 9.17) is 4.74 Å². The molecule has 0 saturated carbocycles. The van der Waals surface area contributed by atoms with Crippen LogP contribution >= 0.6 is 0 Å². The third-order valence-electron chi connectivity index (χ3n) is 5.28. The molecule has 3 aromatic rings. The summed E-state index contributed by atoms with van der Waals surface area (Å²) in [5.74, 6) is -0.0638. The lowest BCUT2D eigenvalue weighted by Gasteiger charge is -2.21. The Morgan fingerprint density at radius 1 is 0.871 bits per heavy atom. The molecule has 1 atom stereocenters. The van der Waals surface area contributed by atoms with Crippen LogP contribution in [0.5, 0.6) is 5.75 Å². The van der Waals surface area contributed by atoms with Gasteiger partial charge in [-0.05, 0) is 41.5 Å². The fourth-order valence-corrected chi connectivity index (χ4v) is 3.67. The Bertz CT molecular complexity index is 1090. The molecule has 0 aromatic heterocycles. The lowest BCUT2D eigenvalue weighted by Crippen LogP contribution is -2.31. The molecule has 156 valence electrons. The Hall–Kier alpha value is -3.93. The molecule has 3 amide bonds. The highest BCUT2D eigenvalue weighted by atomic mass is 16.5. The predicted octanol–water partition coefficient (Wildman–Crippen LogP) is 3.87. The highest BCUT2D eigenvalue weighted by Crippen LogP contribution is 2.26. The van der Waals surface area contributed by atoms with Crippen LogP contribution in [0.1, 0.15) is 40.4 Å². The van der Waals surface area contributed by atoms with Crippen molar-refractivity contribution in [3.63, 3.8) is 0 Å². The number of carbonyl (C=O) groups excluding carboxylic acids is 3. The number of benzene rings is 3. The minimum atomic E-state index is -0.377. The average Bonchev–Trinajstić information content (AvgIpc) is 3.16. The molecule has 0 spiro atoms. The van der Waals surface area contributed by atoms with Crippen LogP contribution < -0.4 is 15.0 Å². The number of imide groups is 1. The third kappa shape index (κ3) is 4.33. The first kappa shape index (κ1) is 20.3. The molecule has 1 aliphatic rings. The highest BCUT2D eigenvalue weighted by molar-refractivity contribution is 6.20. The standard InChI is InChI=1S/C25H22N2O4/c1-31-21-12-10-18(11-13-21)24(17-6-3-2-4-7-17)26-25(30)19-8-5-9-20(16-19)27-22(28)14-15-23(27)29/h2-13,16,24H,14-15H2,1H3,(H,26,30). The number of nitrogens with zero attached hydrogens (tertiary/aromatic N) is 1. The topological polar surface area (TPSA) is 75.7 Å². The Labute approximate surface area is 180 Å². The molecular weight excluding hydrogens is 392 g/mol. The van der Waals surface area contributed by atoms with Gasteiger partial charge in [0.05, 0.1) is 18.8 Å². The van der Waals surface area contributed by atoms with Crippen molar-refractivity contribution >= 4 is 23.4 Å². The van der Waals surface area contributed by atoms with Crippen LogP contribution in [0, 0.1) is 0 Å². The van der Waals surface area contributed by atoms with Crippen molar-refractivity contribution in [2.24, 2.45) is 0 Å². The second-order valence-corrected chi connectivity index (χ2v) is 7.26. The summed E-state index contributed by atoms with van der Waals surface area (Å²) in [7, 11) is 1.61. The van der Waals surface area contributed by atoms with Crippen molar-refractivity contribution in [1.82, 2.24) is 5.32 Å². The van der Waals surface area contributed by atoms with E-state index in [9.17, 15) is 14.4 Å². The number of hydrogen-bond donors (Lipinski definition) is 1. The van der Waals surface area contributed by atoms with E-state index in [1.807, 2.05) is 54.6 Å². The number of methoxy groups -OCH3 is 1. The van der Waals surface area contributed by atoms with E-state index in [0.29, 0.717) is 11.3 Å². The van der Waals surface area contributed by atoms with Crippen LogP contribution in [0.3, 0.4) is 0 Å². The summed E-state index contributed by atoms with van der Waals surface area (Å²) >= 11 is 0. The maximum Gasteiger partial charge on any atom is 0.252 e. The Balaban J connectivity index is 1.63. The minimum absolute atomic E-state index is 0.197. The number of nitrogens with one attached hydrogen (secondary N) is 1. The lowest BCUT2D eigenvalue weighted by molar-refractivity contribution is -0.121. The van der Waals surface area contributed by atoms with E-state index < -0.39 is 0 Å². The maximum absolute atomic E-state index is 13.1. The van der Waals surface area contributed by atoms with Crippen molar-refractivity contribution in [2.45, 2.75) is 18.9 Å². The molecule has 1 unspecified atom stereocenters. The van der Waals surface area contributed by atoms with Crippen molar-refractivity contribution in [3.05, 3.63) is 95.6 Å². The van der Waals surface area contributed by atoms with Crippen LogP contribution in [0.15, 0.2) is 78.9 Å². The number of ether oxygens (including phenoxy) is 1. The molecule has 6 heteroatoms. The number of hydrogen-bond acceptors (Lipinski definition) is 4. The van der Waals surface area contributed by atoms with Gasteiger partial charge in [0, 0.05) is 18.4 Å². The third-order valence-corrected chi connectivity index (χ3v) is 5.28. The fourth-order valence-electron chi connectivity index (χ4n) is 3.67. The van der Waals surface area contributed by atoms with Gasteiger partial charge in [-0.25, -0.2) is 0 Å². The van der Waals surface area contributed by atoms with Gasteiger partial charge < -0.3 is 10.1 Å². The molecule has 4 rings (SSSR count). The second kappa shape index (κ2) is 8.83. The zero-order chi connectivity index (χ0) is 21.8. The van der Waals surface area contributed by atoms with Crippen LogP contribution in [0.4, 0.5) is 5.69 Å². The van der Waals surface area contributed by atoms with Crippen LogP contribution in [-0.2, 0) is 9.59 Å². The van der Waals surface area contributed by atoms with Crippen molar-refractivity contribution in [1.29, 1.82) is 0 Å². The summed E-state index contributed by atoms with van der Waals surface area (Å²) in [5, 5.41) is 3.08. The fraction of sp³-hybridized carbons (Fsp3) is 0.160. The number of anilines is 1. The van der Waals surface area contributed by atoms with E-state index in [-0.39, 0.29) is 36.6 Å². The van der Waals surface area contributed by atoms with Gasteiger partial charge in [-0.1, -0.05) is 48.5 Å². The molecule has 31 heavy (non-hydrogen) atoms. The molecule has 1 heterocycles. The molecule has 3 aromatic carbocycles. The van der Waals surface area contributed by atoms with E-state index in [1.54, 1.807) is 31.4 Å². The Morgan fingerprint density at radius 3 is 2.16 bits per heavy atom. The minimum Gasteiger partial charge on any atom is -0.497 e. The van der Waals surface area contributed by atoms with E-state index in [1.165, 1.54) is 0 Å². The Kier molecular flexibility index (Phi) is 5.80. The van der Waals surface area contributed by atoms with Crippen molar-refractivity contribution in [3.8, 4) is 5.75 Å². The van der Waals surface area contributed by atoms with E-state index in [2.05, 4.69) is 5.32 Å². The first-order valence-corrected chi connectivity index (χ1v) is 10.0. The molecule has 1 N–H and O–H groups in total. The highest BCUT2D eigenvalue weighted by Gasteiger charge is 2.30. The zero-order valence-corrected chi connectivity index (χ0v) is 17.1. The molecular formula is C25H22N2O4. The summed E-state index contributed by atoms with van der Waals surface area (Å²) in [6, 6.07) is 23.4. The normalized spacial score (nSPS) is 14.4. The lowest BCUT2D eigenvalue weighted by atomic mass is 9.98. The van der Waals surface area contributed by atoms with Crippen LogP contribution in [0.25, 0.3) is 0 Å². The van der Waals surface area contributed by atoms with Gasteiger partial charge in [-0.15, -0.1) is 0 Å². The molecule has 1 aliphatic heterocycles. The molecule has 1 fully saturated rings. The summed E-state index contributed by atoms with van der Waals surface area (Å²) in [6.07, 6.45) is 0.394. The smallest absolute Gasteiger partial charge is 0.252 e. The van der Waals surface area contributed by atoms with Gasteiger partial charge in [0.2, 0.25) is 11.8 Å². The van der Waals surface area contributed by atoms with E-state index >= 15 is 0 Å². The number of carbonyl (C=O) groups is 3. The summed E-state index contributed by atoms with van der Waals surface area (Å²) in [6.45, 7) is 0. The zero-order valence-electron chi connectivity index (χ0n) is 17.1. The first-order chi connectivity index (χ1) is 15.1. The SMILES string of the molecule is COc1ccc(C(NC(=O)c2cccc(N3C(=O)CCC3=O)c2)c2ccccc2)cc1. The second-order valence-electron chi connectivity index (χ2n) is 7.26. The average molecular weight is 414 g/mol. The van der Waals surface area contributed by atoms with Gasteiger partial charge in [-0.2, -0.15) is 0 Å². The monoisotopic (exact) mass is 414 g/mol. The van der Waals surface area contributed by atoms with Gasteiger partial charge >= 0.3 is 0 Å². The van der Waals surface area contributed by atoms with Gasteiger partial charge in [0.15, 0.2) is 0 Å². The van der Waals surface area contributed by atoms with E-state index in [0.717, 1.165) is 21.8 Å². The molecule has 1 saturated heterocycles. The van der Waals surface area contributed by atoms with Gasteiger partial charge in [-0.3, -0.25) is 19.3 Å². The van der Waals surface area contributed by atoms with Crippen LogP contribution in [0.2, 0.25) is 0 Å². The largest absolute Gasteiger partial charge is 0.497 e. The Morgan fingerprint density at radius 2 is 1.52 bits per heavy atom.